The van der Waals surface area contributed by atoms with Crippen LogP contribution in [0.2, 0.25) is 0 Å². The maximum absolute atomic E-state index is 11.5. The highest BCUT2D eigenvalue weighted by molar-refractivity contribution is 5.79. The first-order valence-corrected chi connectivity index (χ1v) is 5.23. The minimum absolute atomic E-state index is 0.0666. The smallest absolute Gasteiger partial charge is 0.225 e. The molecular formula is C10H17NO2. The van der Waals surface area contributed by atoms with Gasteiger partial charge in [-0.3, -0.25) is 4.79 Å². The van der Waals surface area contributed by atoms with Crippen LogP contribution in [0.25, 0.3) is 0 Å². The normalized spacial score (nSPS) is 33.3. The minimum atomic E-state index is -0.390. The van der Waals surface area contributed by atoms with Gasteiger partial charge in [-0.1, -0.05) is 0 Å². The van der Waals surface area contributed by atoms with Crippen molar-refractivity contribution in [3.8, 4) is 0 Å². The first kappa shape index (κ1) is 9.00. The van der Waals surface area contributed by atoms with Crippen molar-refractivity contribution < 1.29 is 9.90 Å². The van der Waals surface area contributed by atoms with E-state index in [0.29, 0.717) is 0 Å². The van der Waals surface area contributed by atoms with Gasteiger partial charge in [0.05, 0.1) is 12.0 Å². The molecule has 0 radical (unpaired) electrons. The van der Waals surface area contributed by atoms with Gasteiger partial charge in [0.25, 0.3) is 0 Å². The summed E-state index contributed by atoms with van der Waals surface area (Å²) in [7, 11) is 0. The summed E-state index contributed by atoms with van der Waals surface area (Å²) in [6, 6.07) is 0. The predicted octanol–water partition coefficient (Wildman–Crippen LogP) is 0.674. The van der Waals surface area contributed by atoms with Crippen LogP contribution in [0, 0.1) is 11.8 Å². The van der Waals surface area contributed by atoms with Crippen molar-refractivity contribution in [2.24, 2.45) is 11.8 Å². The van der Waals surface area contributed by atoms with Gasteiger partial charge in [-0.25, -0.2) is 0 Å². The average molecular weight is 183 g/mol. The molecule has 0 aliphatic heterocycles. The van der Waals surface area contributed by atoms with E-state index in [1.165, 1.54) is 12.8 Å². The monoisotopic (exact) mass is 183 g/mol. The Balaban J connectivity index is 1.74. The predicted molar refractivity (Wildman–Crippen MR) is 49.1 cm³/mol. The third kappa shape index (κ3) is 2.21. The highest BCUT2D eigenvalue weighted by Gasteiger charge is 2.32. The van der Waals surface area contributed by atoms with Crippen LogP contribution in [0.1, 0.15) is 32.1 Å². The SMILES string of the molecule is O=C(NCC1CC1)C1CCCC1O. The molecule has 3 nitrogen and oxygen atoms in total. The van der Waals surface area contributed by atoms with Gasteiger partial charge in [-0.15, -0.1) is 0 Å². The van der Waals surface area contributed by atoms with Crippen molar-refractivity contribution in [3.05, 3.63) is 0 Å². The number of aliphatic hydroxyl groups is 1. The second-order valence-electron chi connectivity index (χ2n) is 4.29. The summed E-state index contributed by atoms with van der Waals surface area (Å²) in [6.07, 6.45) is 4.77. The lowest BCUT2D eigenvalue weighted by Gasteiger charge is -2.13. The quantitative estimate of drug-likeness (QED) is 0.675. The molecule has 0 bridgehead atoms. The van der Waals surface area contributed by atoms with E-state index in [1.807, 2.05) is 0 Å². The molecule has 2 N–H and O–H groups in total. The van der Waals surface area contributed by atoms with Crippen LogP contribution in [-0.4, -0.2) is 23.7 Å². The van der Waals surface area contributed by atoms with E-state index in [9.17, 15) is 9.90 Å². The molecule has 0 saturated heterocycles. The molecule has 0 aromatic rings. The van der Waals surface area contributed by atoms with E-state index in [0.717, 1.165) is 31.7 Å². The topological polar surface area (TPSA) is 49.3 Å². The molecule has 0 aromatic heterocycles. The van der Waals surface area contributed by atoms with Crippen LogP contribution in [-0.2, 0) is 4.79 Å². The van der Waals surface area contributed by atoms with Gasteiger partial charge in [0, 0.05) is 6.54 Å². The molecule has 0 heterocycles. The van der Waals surface area contributed by atoms with Crippen LogP contribution in [0.4, 0.5) is 0 Å². The molecule has 2 fully saturated rings. The van der Waals surface area contributed by atoms with Gasteiger partial charge >= 0.3 is 0 Å². The Kier molecular flexibility index (Phi) is 2.54. The maximum atomic E-state index is 11.5. The molecule has 0 spiro atoms. The first-order chi connectivity index (χ1) is 6.27. The molecule has 2 aliphatic carbocycles. The largest absolute Gasteiger partial charge is 0.392 e. The lowest BCUT2D eigenvalue weighted by atomic mass is 10.1. The van der Waals surface area contributed by atoms with E-state index in [4.69, 9.17) is 0 Å². The van der Waals surface area contributed by atoms with Crippen LogP contribution < -0.4 is 5.32 Å². The first-order valence-electron chi connectivity index (χ1n) is 5.23. The molecule has 2 unspecified atom stereocenters. The Morgan fingerprint density at radius 1 is 1.31 bits per heavy atom. The van der Waals surface area contributed by atoms with Gasteiger partial charge in [0.2, 0.25) is 5.91 Å². The summed E-state index contributed by atoms with van der Waals surface area (Å²) in [5.41, 5.74) is 0. The number of amides is 1. The fourth-order valence-corrected chi connectivity index (χ4v) is 1.94. The van der Waals surface area contributed by atoms with Crippen LogP contribution in [0.15, 0.2) is 0 Å². The molecular weight excluding hydrogens is 166 g/mol. The molecule has 3 heteroatoms. The van der Waals surface area contributed by atoms with Crippen molar-refractivity contribution in [1.29, 1.82) is 0 Å². The molecule has 0 aromatic carbocycles. The highest BCUT2D eigenvalue weighted by atomic mass is 16.3. The summed E-state index contributed by atoms with van der Waals surface area (Å²) in [6.45, 7) is 0.821. The number of hydrogen-bond acceptors (Lipinski definition) is 2. The van der Waals surface area contributed by atoms with Gasteiger partial charge in [-0.2, -0.15) is 0 Å². The van der Waals surface area contributed by atoms with Gasteiger partial charge in [0.15, 0.2) is 0 Å². The second-order valence-corrected chi connectivity index (χ2v) is 4.29. The van der Waals surface area contributed by atoms with Crippen molar-refractivity contribution in [3.63, 3.8) is 0 Å². The van der Waals surface area contributed by atoms with Crippen molar-refractivity contribution in [2.45, 2.75) is 38.2 Å². The van der Waals surface area contributed by atoms with Crippen LogP contribution in [0.3, 0.4) is 0 Å². The maximum Gasteiger partial charge on any atom is 0.225 e. The third-order valence-corrected chi connectivity index (χ3v) is 3.08. The summed E-state index contributed by atoms with van der Waals surface area (Å²) in [5, 5.41) is 12.4. The van der Waals surface area contributed by atoms with Gasteiger partial charge in [0.1, 0.15) is 0 Å². The Hall–Kier alpha value is -0.570. The minimum Gasteiger partial charge on any atom is -0.392 e. The van der Waals surface area contributed by atoms with Crippen LogP contribution in [0.5, 0.6) is 0 Å². The van der Waals surface area contributed by atoms with Crippen molar-refractivity contribution in [1.82, 2.24) is 5.32 Å². The van der Waals surface area contributed by atoms with Crippen molar-refractivity contribution in [2.75, 3.05) is 6.54 Å². The Labute approximate surface area is 78.5 Å². The molecule has 2 rings (SSSR count). The second kappa shape index (κ2) is 3.66. The zero-order valence-corrected chi connectivity index (χ0v) is 7.83. The number of rotatable bonds is 3. The Bertz CT molecular complexity index is 201. The molecule has 13 heavy (non-hydrogen) atoms. The van der Waals surface area contributed by atoms with E-state index < -0.39 is 0 Å². The Morgan fingerprint density at radius 3 is 2.62 bits per heavy atom. The number of nitrogens with one attached hydrogen (secondary N) is 1. The van der Waals surface area contributed by atoms with E-state index >= 15 is 0 Å². The molecule has 1 amide bonds. The van der Waals surface area contributed by atoms with Gasteiger partial charge in [-0.05, 0) is 38.0 Å². The standard InChI is InChI=1S/C10H17NO2/c12-9-3-1-2-8(9)10(13)11-6-7-4-5-7/h7-9,12H,1-6H2,(H,11,13). The lowest BCUT2D eigenvalue weighted by molar-refractivity contribution is -0.127. The zero-order chi connectivity index (χ0) is 9.26. The summed E-state index contributed by atoms with van der Waals surface area (Å²) < 4.78 is 0. The van der Waals surface area contributed by atoms with E-state index in [2.05, 4.69) is 5.32 Å². The van der Waals surface area contributed by atoms with Crippen molar-refractivity contribution >= 4 is 5.91 Å². The van der Waals surface area contributed by atoms with Gasteiger partial charge < -0.3 is 10.4 Å². The fraction of sp³-hybridized carbons (Fsp3) is 0.900. The molecule has 2 aliphatic rings. The Morgan fingerprint density at radius 2 is 2.08 bits per heavy atom. The summed E-state index contributed by atoms with van der Waals surface area (Å²) in [5.74, 6) is 0.665. The summed E-state index contributed by atoms with van der Waals surface area (Å²) >= 11 is 0. The molecule has 74 valence electrons. The molecule has 2 saturated carbocycles. The number of carbonyl (C=O) groups excluding carboxylic acids is 1. The lowest BCUT2D eigenvalue weighted by Crippen LogP contribution is -2.35. The average Bonchev–Trinajstić information content (AvgIpc) is 2.84. The number of aliphatic hydroxyl groups excluding tert-OH is 1. The highest BCUT2D eigenvalue weighted by Crippen LogP contribution is 2.29. The van der Waals surface area contributed by atoms with E-state index in [-0.39, 0.29) is 17.9 Å². The van der Waals surface area contributed by atoms with Crippen LogP contribution >= 0.6 is 0 Å². The number of hydrogen-bond donors (Lipinski definition) is 2. The fourth-order valence-electron chi connectivity index (χ4n) is 1.94. The van der Waals surface area contributed by atoms with E-state index in [1.54, 1.807) is 0 Å². The molecule has 2 atom stereocenters. The third-order valence-electron chi connectivity index (χ3n) is 3.08. The summed E-state index contributed by atoms with van der Waals surface area (Å²) in [4.78, 5) is 11.5. The zero-order valence-electron chi connectivity index (χ0n) is 7.83. The number of carbonyl (C=O) groups is 1.